The van der Waals surface area contributed by atoms with E-state index in [4.69, 9.17) is 10.1 Å². The number of hydrogen-bond acceptors (Lipinski definition) is 3. The van der Waals surface area contributed by atoms with E-state index in [0.717, 1.165) is 16.8 Å². The summed E-state index contributed by atoms with van der Waals surface area (Å²) in [6.07, 6.45) is 1.17. The van der Waals surface area contributed by atoms with Crippen molar-refractivity contribution in [2.45, 2.75) is 33.1 Å². The number of aromatic nitrogens is 1. The molecule has 1 aromatic heterocycles. The minimum Gasteiger partial charge on any atom is -0.512 e. The van der Waals surface area contributed by atoms with Gasteiger partial charge in [0.25, 0.3) is 0 Å². The predicted octanol–water partition coefficient (Wildman–Crippen LogP) is 7.04. The Morgan fingerprint density at radius 1 is 0.939 bits per heavy atom. The number of ketones is 1. The molecule has 0 spiro atoms. The van der Waals surface area contributed by atoms with Crippen molar-refractivity contribution in [2.24, 2.45) is 0 Å². The summed E-state index contributed by atoms with van der Waals surface area (Å²) in [4.78, 5) is 14.9. The zero-order valence-corrected chi connectivity index (χ0v) is 21.5. The van der Waals surface area contributed by atoms with E-state index in [1.165, 1.54) is 47.6 Å². The van der Waals surface area contributed by atoms with Crippen LogP contribution in [0.15, 0.2) is 84.6 Å². The van der Waals surface area contributed by atoms with Gasteiger partial charge in [-0.25, -0.2) is 0 Å². The molecular weight excluding hydrogens is 587 g/mol. The molecule has 3 nitrogen and oxygen atoms in total. The number of allylic oxidation sites excluding steroid dienone is 2. The molecular formula is C29H26IrNO2-. The SMILES string of the molecule is CC(=O)/C=C(/C)O.CC1(C)c2ccccc2-c2cc3ccc(-c4[c-]cccc4)nc3cc21.[Ir]. The number of rotatable bonds is 2. The van der Waals surface area contributed by atoms with Crippen LogP contribution in [0.1, 0.15) is 38.8 Å². The van der Waals surface area contributed by atoms with Gasteiger partial charge < -0.3 is 5.11 Å². The molecule has 1 aliphatic rings. The second-order valence-electron chi connectivity index (χ2n) is 8.63. The number of pyridine rings is 1. The Labute approximate surface area is 208 Å². The first-order chi connectivity index (χ1) is 15.3. The number of aliphatic hydroxyl groups excluding tert-OH is 1. The molecule has 3 aromatic carbocycles. The van der Waals surface area contributed by atoms with E-state index >= 15 is 0 Å². The van der Waals surface area contributed by atoms with Gasteiger partial charge in [-0.05, 0) is 59.3 Å². The van der Waals surface area contributed by atoms with Crippen molar-refractivity contribution >= 4 is 16.7 Å². The van der Waals surface area contributed by atoms with Gasteiger partial charge in [0.05, 0.1) is 11.3 Å². The van der Waals surface area contributed by atoms with E-state index < -0.39 is 0 Å². The Kier molecular flexibility index (Phi) is 7.31. The molecule has 0 unspecified atom stereocenters. The summed E-state index contributed by atoms with van der Waals surface area (Å²) in [6.45, 7) is 7.46. The molecule has 0 amide bonds. The van der Waals surface area contributed by atoms with Gasteiger partial charge in [-0.2, -0.15) is 0 Å². The average Bonchev–Trinajstić information content (AvgIpc) is 2.99. The average molecular weight is 613 g/mol. The molecule has 0 saturated carbocycles. The second-order valence-corrected chi connectivity index (χ2v) is 8.63. The summed E-state index contributed by atoms with van der Waals surface area (Å²) < 4.78 is 0. The van der Waals surface area contributed by atoms with Gasteiger partial charge >= 0.3 is 0 Å². The normalized spacial score (nSPS) is 13.3. The first kappa shape index (κ1) is 24.6. The molecule has 1 aliphatic carbocycles. The molecule has 0 saturated heterocycles. The number of carbonyl (C=O) groups is 1. The first-order valence-corrected chi connectivity index (χ1v) is 10.7. The molecule has 169 valence electrons. The van der Waals surface area contributed by atoms with E-state index in [9.17, 15) is 4.79 Å². The third-order valence-corrected chi connectivity index (χ3v) is 5.79. The fourth-order valence-corrected chi connectivity index (χ4v) is 4.32. The zero-order valence-electron chi connectivity index (χ0n) is 19.1. The van der Waals surface area contributed by atoms with Crippen molar-refractivity contribution in [2.75, 3.05) is 0 Å². The second kappa shape index (κ2) is 9.82. The summed E-state index contributed by atoms with van der Waals surface area (Å²) in [5, 5.41) is 9.55. The Bertz CT molecular complexity index is 1340. The van der Waals surface area contributed by atoms with Gasteiger partial charge in [-0.3, -0.25) is 9.78 Å². The van der Waals surface area contributed by atoms with Crippen LogP contribution < -0.4 is 0 Å². The van der Waals surface area contributed by atoms with Crippen LogP contribution in [0.3, 0.4) is 0 Å². The van der Waals surface area contributed by atoms with Crippen LogP contribution >= 0.6 is 0 Å². The molecule has 33 heavy (non-hydrogen) atoms. The molecule has 5 rings (SSSR count). The summed E-state index contributed by atoms with van der Waals surface area (Å²) >= 11 is 0. The van der Waals surface area contributed by atoms with Crippen LogP contribution in [0.5, 0.6) is 0 Å². The maximum absolute atomic E-state index is 10.0. The molecule has 4 heteroatoms. The zero-order chi connectivity index (χ0) is 22.9. The number of nitrogens with zero attached hydrogens (tertiary/aromatic N) is 1. The Morgan fingerprint density at radius 2 is 1.67 bits per heavy atom. The van der Waals surface area contributed by atoms with Gasteiger partial charge in [0.1, 0.15) is 0 Å². The van der Waals surface area contributed by atoms with Gasteiger partial charge in [0.15, 0.2) is 5.78 Å². The molecule has 4 aromatic rings. The Hall–Kier alpha value is -3.07. The number of benzene rings is 3. The van der Waals surface area contributed by atoms with E-state index in [2.05, 4.69) is 74.5 Å². The molecule has 0 aliphatic heterocycles. The number of fused-ring (bicyclic) bond motifs is 4. The van der Waals surface area contributed by atoms with Crippen molar-refractivity contribution in [3.8, 4) is 22.4 Å². The maximum atomic E-state index is 10.0. The van der Waals surface area contributed by atoms with Crippen molar-refractivity contribution in [1.29, 1.82) is 0 Å². The van der Waals surface area contributed by atoms with Crippen LogP contribution in [0.2, 0.25) is 0 Å². The first-order valence-electron chi connectivity index (χ1n) is 10.7. The van der Waals surface area contributed by atoms with E-state index in [1.807, 2.05) is 18.2 Å². The van der Waals surface area contributed by atoms with Crippen LogP contribution in [-0.2, 0) is 30.3 Å². The van der Waals surface area contributed by atoms with Crippen molar-refractivity contribution in [1.82, 2.24) is 4.98 Å². The summed E-state index contributed by atoms with van der Waals surface area (Å²) in [6, 6.07) is 28.8. The topological polar surface area (TPSA) is 50.2 Å². The standard InChI is InChI=1S/C24H18N.C5H8O2.Ir/c1-24(2)20-11-7-6-10-18(20)19-14-17-12-13-22(16-8-4-3-5-9-16)25-23(17)15-21(19)24;1-4(6)3-5(2)7;/h3-8,10-15H,1-2H3;3,6H,1-2H3;/q-1;;/b;4-3-;. The molecule has 0 fully saturated rings. The quantitative estimate of drug-likeness (QED) is 0.150. The third-order valence-electron chi connectivity index (χ3n) is 5.79. The van der Waals surface area contributed by atoms with E-state index in [1.54, 1.807) is 0 Å². The Morgan fingerprint density at radius 3 is 2.30 bits per heavy atom. The monoisotopic (exact) mass is 613 g/mol. The van der Waals surface area contributed by atoms with Gasteiger partial charge in [0, 0.05) is 31.6 Å². The molecule has 1 radical (unpaired) electrons. The van der Waals surface area contributed by atoms with Crippen LogP contribution in [0.4, 0.5) is 0 Å². The fraction of sp³-hybridized carbons (Fsp3) is 0.172. The third kappa shape index (κ3) is 4.98. The number of aliphatic hydroxyl groups is 1. The fourth-order valence-electron chi connectivity index (χ4n) is 4.32. The summed E-state index contributed by atoms with van der Waals surface area (Å²) in [7, 11) is 0. The Balaban J connectivity index is 0.000000337. The maximum Gasteiger partial charge on any atom is 0.155 e. The van der Waals surface area contributed by atoms with Gasteiger partial charge in [0.2, 0.25) is 0 Å². The van der Waals surface area contributed by atoms with Crippen molar-refractivity contribution in [3.63, 3.8) is 0 Å². The van der Waals surface area contributed by atoms with E-state index in [0.29, 0.717) is 0 Å². The summed E-state index contributed by atoms with van der Waals surface area (Å²) in [5.74, 6) is -0.0625. The van der Waals surface area contributed by atoms with Crippen LogP contribution in [-0.4, -0.2) is 15.9 Å². The molecule has 0 atom stereocenters. The van der Waals surface area contributed by atoms with Gasteiger partial charge in [-0.15, -0.1) is 35.9 Å². The van der Waals surface area contributed by atoms with Crippen LogP contribution in [0, 0.1) is 6.07 Å². The molecule has 1 N–H and O–H groups in total. The predicted molar refractivity (Wildman–Crippen MR) is 131 cm³/mol. The van der Waals surface area contributed by atoms with E-state index in [-0.39, 0.29) is 37.1 Å². The van der Waals surface area contributed by atoms with Crippen molar-refractivity contribution < 1.29 is 30.0 Å². The molecule has 1 heterocycles. The van der Waals surface area contributed by atoms with Gasteiger partial charge in [-0.1, -0.05) is 50.2 Å². The smallest absolute Gasteiger partial charge is 0.155 e. The minimum atomic E-state index is -0.125. The largest absolute Gasteiger partial charge is 0.512 e. The number of carbonyl (C=O) groups excluding carboxylic acids is 1. The summed E-state index contributed by atoms with van der Waals surface area (Å²) in [5.41, 5.74) is 8.53. The molecule has 0 bridgehead atoms. The number of hydrogen-bond donors (Lipinski definition) is 1. The van der Waals surface area contributed by atoms with Crippen LogP contribution in [0.25, 0.3) is 33.3 Å². The minimum absolute atomic E-state index is 0. The van der Waals surface area contributed by atoms with Crippen molar-refractivity contribution in [3.05, 3.63) is 102 Å².